The zero-order chi connectivity index (χ0) is 19.1. The van der Waals surface area contributed by atoms with Gasteiger partial charge < -0.3 is 9.64 Å². The summed E-state index contributed by atoms with van der Waals surface area (Å²) in [6.07, 6.45) is 0. The third-order valence-electron chi connectivity index (χ3n) is 4.47. The molecule has 2 aromatic carbocycles. The smallest absolute Gasteiger partial charge is 0.338 e. The summed E-state index contributed by atoms with van der Waals surface area (Å²) in [6, 6.07) is 12.9. The van der Waals surface area contributed by atoms with Gasteiger partial charge >= 0.3 is 5.97 Å². The minimum Gasteiger partial charge on any atom is -0.463 e. The Balaban J connectivity index is 1.94. The number of fused-ring (bicyclic) bond motifs is 3. The Hall–Kier alpha value is -1.95. The molecule has 2 heterocycles. The number of ether oxygens (including phenoxy) is 1. The highest BCUT2D eigenvalue weighted by atomic mass is 35.5. The van der Waals surface area contributed by atoms with Gasteiger partial charge in [-0.25, -0.2) is 9.79 Å². The number of thioether (sulfide) groups is 1. The molecule has 27 heavy (non-hydrogen) atoms. The normalized spacial score (nSPS) is 18.1. The number of esters is 1. The van der Waals surface area contributed by atoms with E-state index in [1.807, 2.05) is 42.2 Å². The minimum absolute atomic E-state index is 0.290. The van der Waals surface area contributed by atoms with Crippen LogP contribution in [0.15, 0.2) is 63.6 Å². The summed E-state index contributed by atoms with van der Waals surface area (Å²) in [5.74, 6) is -0.386. The molecule has 1 atom stereocenters. The van der Waals surface area contributed by atoms with Gasteiger partial charge in [0.15, 0.2) is 5.17 Å². The predicted octanol–water partition coefficient (Wildman–Crippen LogP) is 5.85. The van der Waals surface area contributed by atoms with E-state index >= 15 is 0 Å². The van der Waals surface area contributed by atoms with Gasteiger partial charge in [-0.2, -0.15) is 0 Å². The molecule has 0 radical (unpaired) electrons. The van der Waals surface area contributed by atoms with Crippen molar-refractivity contribution in [3.05, 3.63) is 69.3 Å². The molecule has 0 N–H and O–H groups in total. The molecule has 138 valence electrons. The highest BCUT2D eigenvalue weighted by molar-refractivity contribution is 8.14. The fraction of sp³-hybridized carbons (Fsp3) is 0.200. The molecule has 7 heteroatoms. The molecule has 0 fully saturated rings. The average Bonchev–Trinajstić information content (AvgIpc) is 2.99. The molecule has 0 saturated carbocycles. The van der Waals surface area contributed by atoms with Crippen molar-refractivity contribution in [1.29, 1.82) is 0 Å². The highest BCUT2D eigenvalue weighted by Gasteiger charge is 2.42. The van der Waals surface area contributed by atoms with E-state index in [1.165, 1.54) is 0 Å². The van der Waals surface area contributed by atoms with Crippen LogP contribution in [0.2, 0.25) is 10.0 Å². The molecule has 0 spiro atoms. The van der Waals surface area contributed by atoms with Crippen molar-refractivity contribution in [2.75, 3.05) is 11.5 Å². The van der Waals surface area contributed by atoms with Crippen LogP contribution >= 0.6 is 35.0 Å². The fourth-order valence-corrected chi connectivity index (χ4v) is 4.95. The summed E-state index contributed by atoms with van der Waals surface area (Å²) in [6.45, 7) is 3.91. The number of anilines is 1. The second-order valence-corrected chi connectivity index (χ2v) is 7.97. The number of allylic oxidation sites excluding steroid dienone is 1. The van der Waals surface area contributed by atoms with Crippen molar-refractivity contribution in [1.82, 2.24) is 0 Å². The number of rotatable bonds is 3. The van der Waals surface area contributed by atoms with E-state index in [0.717, 1.165) is 21.3 Å². The fourth-order valence-electron chi connectivity index (χ4n) is 3.34. The Morgan fingerprint density at radius 2 is 2.04 bits per heavy atom. The lowest BCUT2D eigenvalue weighted by Crippen LogP contribution is -2.37. The lowest BCUT2D eigenvalue weighted by Gasteiger charge is -2.35. The summed E-state index contributed by atoms with van der Waals surface area (Å²) in [4.78, 5) is 20.6. The van der Waals surface area contributed by atoms with Gasteiger partial charge in [0.25, 0.3) is 0 Å². The zero-order valence-electron chi connectivity index (χ0n) is 14.7. The lowest BCUT2D eigenvalue weighted by atomic mass is 9.94. The second kappa shape index (κ2) is 7.23. The van der Waals surface area contributed by atoms with Crippen LogP contribution < -0.4 is 4.90 Å². The number of aliphatic imine (C=N–C) groups is 1. The van der Waals surface area contributed by atoms with E-state index in [2.05, 4.69) is 4.99 Å². The first-order valence-electron chi connectivity index (χ1n) is 8.49. The minimum atomic E-state index is -0.433. The predicted molar refractivity (Wildman–Crippen MR) is 111 cm³/mol. The van der Waals surface area contributed by atoms with Crippen LogP contribution in [0.5, 0.6) is 0 Å². The Labute approximate surface area is 171 Å². The number of carbonyl (C=O) groups excluding carboxylic acids is 1. The molecule has 1 unspecified atom stereocenters. The van der Waals surface area contributed by atoms with Gasteiger partial charge in [0, 0.05) is 14.9 Å². The maximum absolute atomic E-state index is 12.8. The largest absolute Gasteiger partial charge is 0.463 e. The SMILES string of the molecule is CCOC(=O)C1=C(C)N=C2Sc3ccccc3N2C1c1ccc(Cl)cc1Cl. The van der Waals surface area contributed by atoms with Crippen molar-refractivity contribution in [2.45, 2.75) is 24.8 Å². The van der Waals surface area contributed by atoms with Gasteiger partial charge in [0.2, 0.25) is 0 Å². The van der Waals surface area contributed by atoms with Gasteiger partial charge in [-0.1, -0.05) is 41.4 Å². The number of benzene rings is 2. The Kier molecular flexibility index (Phi) is 4.93. The number of halogens is 2. The van der Waals surface area contributed by atoms with Crippen molar-refractivity contribution in [2.24, 2.45) is 4.99 Å². The van der Waals surface area contributed by atoms with E-state index in [4.69, 9.17) is 27.9 Å². The first-order valence-corrected chi connectivity index (χ1v) is 10.1. The van der Waals surface area contributed by atoms with Crippen LogP contribution in [0.25, 0.3) is 0 Å². The summed E-state index contributed by atoms with van der Waals surface area (Å²) in [5, 5.41) is 1.86. The first kappa shape index (κ1) is 18.4. The Bertz CT molecular complexity index is 1000. The number of amidine groups is 1. The molecule has 0 amide bonds. The zero-order valence-corrected chi connectivity index (χ0v) is 17.0. The van der Waals surface area contributed by atoms with Crippen LogP contribution in [-0.2, 0) is 9.53 Å². The summed E-state index contributed by atoms with van der Waals surface area (Å²) < 4.78 is 5.33. The third kappa shape index (κ3) is 3.14. The van der Waals surface area contributed by atoms with Gasteiger partial charge in [-0.15, -0.1) is 0 Å². The van der Waals surface area contributed by atoms with Gasteiger partial charge in [-0.05, 0) is 55.4 Å². The molecule has 4 nitrogen and oxygen atoms in total. The number of para-hydroxylation sites is 1. The number of nitrogens with zero attached hydrogens (tertiary/aromatic N) is 2. The molecular weight excluding hydrogens is 403 g/mol. The van der Waals surface area contributed by atoms with Crippen molar-refractivity contribution in [3.8, 4) is 0 Å². The van der Waals surface area contributed by atoms with Crippen molar-refractivity contribution >= 4 is 51.8 Å². The maximum atomic E-state index is 12.8. The molecule has 0 saturated heterocycles. The molecule has 0 aliphatic carbocycles. The van der Waals surface area contributed by atoms with E-state index < -0.39 is 6.04 Å². The van der Waals surface area contributed by atoms with Crippen LogP contribution in [0.4, 0.5) is 5.69 Å². The maximum Gasteiger partial charge on any atom is 0.338 e. The quantitative estimate of drug-likeness (QED) is 0.585. The number of hydrogen-bond acceptors (Lipinski definition) is 5. The van der Waals surface area contributed by atoms with E-state index in [0.29, 0.717) is 27.9 Å². The van der Waals surface area contributed by atoms with Crippen LogP contribution in [0.1, 0.15) is 25.5 Å². The lowest BCUT2D eigenvalue weighted by molar-refractivity contribution is -0.138. The van der Waals surface area contributed by atoms with Crippen molar-refractivity contribution < 1.29 is 9.53 Å². The summed E-state index contributed by atoms with van der Waals surface area (Å²) >= 11 is 14.2. The molecule has 4 rings (SSSR count). The summed E-state index contributed by atoms with van der Waals surface area (Å²) in [7, 11) is 0. The molecule has 2 aliphatic heterocycles. The molecule has 2 aromatic rings. The molecule has 0 aromatic heterocycles. The van der Waals surface area contributed by atoms with Crippen LogP contribution in [-0.4, -0.2) is 17.7 Å². The van der Waals surface area contributed by atoms with Gasteiger partial charge in [-0.3, -0.25) is 0 Å². The van der Waals surface area contributed by atoms with Gasteiger partial charge in [0.05, 0.1) is 29.6 Å². The van der Waals surface area contributed by atoms with Crippen LogP contribution in [0.3, 0.4) is 0 Å². The summed E-state index contributed by atoms with van der Waals surface area (Å²) in [5.41, 5.74) is 2.90. The highest BCUT2D eigenvalue weighted by Crippen LogP contribution is 2.50. The van der Waals surface area contributed by atoms with E-state index in [1.54, 1.807) is 30.8 Å². The van der Waals surface area contributed by atoms with Gasteiger partial charge in [0.1, 0.15) is 0 Å². The molecule has 2 aliphatic rings. The average molecular weight is 419 g/mol. The standard InChI is InChI=1S/C20H16Cl2N2O2S/c1-3-26-19(25)17-11(2)23-20-24(15-6-4-5-7-16(15)27-20)18(17)13-9-8-12(21)10-14(13)22/h4-10,18H,3H2,1-2H3. The topological polar surface area (TPSA) is 41.9 Å². The van der Waals surface area contributed by atoms with Crippen LogP contribution in [0, 0.1) is 0 Å². The first-order chi connectivity index (χ1) is 13.0. The number of hydrogen-bond donors (Lipinski definition) is 0. The Morgan fingerprint density at radius 1 is 1.26 bits per heavy atom. The van der Waals surface area contributed by atoms with E-state index in [9.17, 15) is 4.79 Å². The molecular formula is C20H16Cl2N2O2S. The Morgan fingerprint density at radius 3 is 2.78 bits per heavy atom. The third-order valence-corrected chi connectivity index (χ3v) is 6.07. The van der Waals surface area contributed by atoms with Crippen molar-refractivity contribution in [3.63, 3.8) is 0 Å². The second-order valence-electron chi connectivity index (χ2n) is 6.12. The monoisotopic (exact) mass is 418 g/mol. The number of carbonyl (C=O) groups is 1. The molecule has 0 bridgehead atoms. The van der Waals surface area contributed by atoms with E-state index in [-0.39, 0.29) is 5.97 Å².